The first-order valence-corrected chi connectivity index (χ1v) is 19.1. The van der Waals surface area contributed by atoms with Crippen LogP contribution in [0, 0.1) is 11.8 Å². The summed E-state index contributed by atoms with van der Waals surface area (Å²) in [6, 6.07) is 17.8. The van der Waals surface area contributed by atoms with E-state index < -0.39 is 15.9 Å². The standard InChI is InChI=1S/C37H45N7O5S/c1-37(2)23-28-13-8-20-38-31-16-15-30(49-25-27-11-4-3-5-12-27)36(39-31)50(46,47)42-35(45)29-14-17-32(40-34(29)43(37)24-28)44-21-18-33(41-44)48-22-19-26-9-6-7-10-26/h3-5,11-12,14-18,21,26,28H,6-10,13,19-20,22-25H2,1-2H3,(H,38,39)(H,42,45)/t28-/m0/s1. The molecule has 2 fully saturated rings. The van der Waals surface area contributed by atoms with Crippen molar-refractivity contribution in [3.8, 4) is 17.4 Å². The molecule has 0 radical (unpaired) electrons. The zero-order chi connectivity index (χ0) is 34.7. The minimum Gasteiger partial charge on any atom is -0.486 e. The number of fused-ring (bicyclic) bond motifs is 6. The highest BCUT2D eigenvalue weighted by Crippen LogP contribution is 2.40. The molecule has 1 saturated heterocycles. The van der Waals surface area contributed by atoms with Crippen molar-refractivity contribution >= 4 is 27.6 Å². The van der Waals surface area contributed by atoms with Crippen LogP contribution < -0.4 is 24.4 Å². The van der Waals surface area contributed by atoms with Gasteiger partial charge in [-0.2, -0.15) is 8.42 Å². The van der Waals surface area contributed by atoms with E-state index in [9.17, 15) is 13.2 Å². The maximum atomic E-state index is 14.0. The smallest absolute Gasteiger partial charge is 0.285 e. The van der Waals surface area contributed by atoms with Gasteiger partial charge in [0.25, 0.3) is 15.9 Å². The third-order valence-electron chi connectivity index (χ3n) is 10.0. The minimum atomic E-state index is -4.48. The number of amides is 1. The zero-order valence-electron chi connectivity index (χ0n) is 28.7. The highest BCUT2D eigenvalue weighted by molar-refractivity contribution is 7.90. The summed E-state index contributed by atoms with van der Waals surface area (Å²) in [5, 5.41) is 7.52. The summed E-state index contributed by atoms with van der Waals surface area (Å²) in [4.78, 5) is 25.5. The van der Waals surface area contributed by atoms with Crippen LogP contribution >= 0.6 is 0 Å². The van der Waals surface area contributed by atoms with Gasteiger partial charge in [-0.3, -0.25) is 4.79 Å². The predicted molar refractivity (Wildman–Crippen MR) is 190 cm³/mol. The molecule has 1 amide bonds. The summed E-state index contributed by atoms with van der Waals surface area (Å²) in [6.07, 6.45) is 10.6. The highest BCUT2D eigenvalue weighted by Gasteiger charge is 2.41. The largest absolute Gasteiger partial charge is 0.486 e. The number of nitrogens with one attached hydrogen (secondary N) is 2. The summed E-state index contributed by atoms with van der Waals surface area (Å²) < 4.78 is 43.7. The molecule has 1 aromatic carbocycles. The Labute approximate surface area is 293 Å². The Morgan fingerprint density at radius 3 is 2.58 bits per heavy atom. The SMILES string of the molecule is CC1(C)C[C@@H]2CCCNc3ccc(OCc4ccccc4)c(n3)S(=O)(=O)NC(=O)c3ccc(-n4ccc(OCCC5CCCC5)n4)nc3N1C2. The topological polar surface area (TPSA) is 141 Å². The molecule has 5 heterocycles. The van der Waals surface area contributed by atoms with Gasteiger partial charge in [0, 0.05) is 30.9 Å². The predicted octanol–water partition coefficient (Wildman–Crippen LogP) is 6.13. The number of benzene rings is 1. The van der Waals surface area contributed by atoms with Crippen LogP contribution in [0.1, 0.15) is 81.1 Å². The maximum Gasteiger partial charge on any atom is 0.285 e. The molecule has 0 unspecified atom stereocenters. The average molecular weight is 700 g/mol. The fraction of sp³-hybridized carbons (Fsp3) is 0.459. The number of carbonyl (C=O) groups excluding carboxylic acids is 1. The van der Waals surface area contributed by atoms with Crippen LogP contribution in [0.4, 0.5) is 11.6 Å². The van der Waals surface area contributed by atoms with Crippen molar-refractivity contribution in [2.24, 2.45) is 11.8 Å². The summed E-state index contributed by atoms with van der Waals surface area (Å²) in [5.41, 5.74) is 0.669. The molecule has 2 aliphatic heterocycles. The number of anilines is 2. The van der Waals surface area contributed by atoms with Gasteiger partial charge in [0.15, 0.2) is 11.6 Å². The first-order chi connectivity index (χ1) is 24.1. The lowest BCUT2D eigenvalue weighted by atomic mass is 9.93. The number of rotatable bonds is 8. The Bertz CT molecular complexity index is 1930. The second-order valence-corrected chi connectivity index (χ2v) is 15.8. The Hall–Kier alpha value is -4.65. The van der Waals surface area contributed by atoms with Crippen LogP contribution in [-0.4, -0.2) is 59.3 Å². The van der Waals surface area contributed by atoms with E-state index in [1.54, 1.807) is 35.1 Å². The minimum absolute atomic E-state index is 0.0432. The number of hydrogen-bond donors (Lipinski definition) is 2. The van der Waals surface area contributed by atoms with Gasteiger partial charge >= 0.3 is 0 Å². The lowest BCUT2D eigenvalue weighted by Gasteiger charge is -2.34. The van der Waals surface area contributed by atoms with Crippen LogP contribution in [0.5, 0.6) is 11.6 Å². The molecule has 13 heteroatoms. The normalized spacial score (nSPS) is 20.2. The molecule has 3 aromatic heterocycles. The molecule has 1 aliphatic carbocycles. The van der Waals surface area contributed by atoms with Crippen LogP contribution in [0.3, 0.4) is 0 Å². The van der Waals surface area contributed by atoms with Crippen LogP contribution in [-0.2, 0) is 16.6 Å². The Kier molecular flexibility index (Phi) is 9.67. The number of ether oxygens (including phenoxy) is 2. The number of nitrogens with zero attached hydrogens (tertiary/aromatic N) is 5. The molecular formula is C37H45N7O5S. The Balaban J connectivity index is 1.20. The molecule has 50 heavy (non-hydrogen) atoms. The molecule has 264 valence electrons. The fourth-order valence-corrected chi connectivity index (χ4v) is 8.50. The van der Waals surface area contributed by atoms with Gasteiger partial charge in [-0.15, -0.1) is 5.10 Å². The number of pyridine rings is 2. The summed E-state index contributed by atoms with van der Waals surface area (Å²) >= 11 is 0. The van der Waals surface area contributed by atoms with Gasteiger partial charge in [0.05, 0.1) is 12.2 Å². The quantitative estimate of drug-likeness (QED) is 0.221. The van der Waals surface area contributed by atoms with E-state index >= 15 is 0 Å². The van der Waals surface area contributed by atoms with Crippen molar-refractivity contribution < 1.29 is 22.7 Å². The van der Waals surface area contributed by atoms with Gasteiger partial charge in [-0.25, -0.2) is 19.4 Å². The van der Waals surface area contributed by atoms with Gasteiger partial charge in [0.2, 0.25) is 10.9 Å². The van der Waals surface area contributed by atoms with Gasteiger partial charge < -0.3 is 19.7 Å². The van der Waals surface area contributed by atoms with Crippen molar-refractivity contribution in [3.05, 3.63) is 78.0 Å². The second kappa shape index (κ2) is 14.3. The molecule has 3 aliphatic rings. The lowest BCUT2D eigenvalue weighted by Crippen LogP contribution is -2.41. The van der Waals surface area contributed by atoms with Crippen molar-refractivity contribution in [2.75, 3.05) is 29.9 Å². The fourth-order valence-electron chi connectivity index (χ4n) is 7.44. The number of hydrogen-bond acceptors (Lipinski definition) is 10. The molecule has 0 spiro atoms. The van der Waals surface area contributed by atoms with E-state index in [1.165, 1.54) is 25.7 Å². The van der Waals surface area contributed by atoms with Gasteiger partial charge in [0.1, 0.15) is 18.2 Å². The van der Waals surface area contributed by atoms with Crippen LogP contribution in [0.2, 0.25) is 0 Å². The van der Waals surface area contributed by atoms with E-state index in [2.05, 4.69) is 38.9 Å². The molecule has 2 N–H and O–H groups in total. The van der Waals surface area contributed by atoms with Gasteiger partial charge in [-0.05, 0) is 81.2 Å². The molecule has 7 rings (SSSR count). The van der Waals surface area contributed by atoms with E-state index in [1.807, 2.05) is 36.4 Å². The number of carbonyl (C=O) groups is 1. The van der Waals surface area contributed by atoms with Crippen molar-refractivity contribution in [2.45, 2.75) is 82.4 Å². The van der Waals surface area contributed by atoms with Crippen molar-refractivity contribution in [1.29, 1.82) is 0 Å². The second-order valence-electron chi connectivity index (χ2n) is 14.2. The third-order valence-corrected chi connectivity index (χ3v) is 11.3. The number of aromatic nitrogens is 4. The van der Waals surface area contributed by atoms with E-state index in [4.69, 9.17) is 14.5 Å². The average Bonchev–Trinajstić information content (AvgIpc) is 3.86. The third kappa shape index (κ3) is 7.57. The number of sulfonamides is 1. The molecule has 12 nitrogen and oxygen atoms in total. The van der Waals surface area contributed by atoms with Crippen LogP contribution in [0.25, 0.3) is 5.82 Å². The van der Waals surface area contributed by atoms with E-state index in [-0.39, 0.29) is 28.5 Å². The van der Waals surface area contributed by atoms with Gasteiger partial charge in [-0.1, -0.05) is 56.0 Å². The summed E-state index contributed by atoms with van der Waals surface area (Å²) in [6.45, 7) is 6.31. The molecule has 1 atom stereocenters. The molecule has 4 bridgehead atoms. The Morgan fingerprint density at radius 1 is 0.940 bits per heavy atom. The van der Waals surface area contributed by atoms with E-state index in [0.717, 1.165) is 37.2 Å². The van der Waals surface area contributed by atoms with E-state index in [0.29, 0.717) is 48.9 Å². The van der Waals surface area contributed by atoms with Crippen LogP contribution in [0.15, 0.2) is 71.9 Å². The monoisotopic (exact) mass is 699 g/mol. The Morgan fingerprint density at radius 2 is 1.76 bits per heavy atom. The lowest BCUT2D eigenvalue weighted by molar-refractivity contribution is 0.0981. The molecule has 1 saturated carbocycles. The first kappa shape index (κ1) is 33.8. The zero-order valence-corrected chi connectivity index (χ0v) is 29.5. The molecule has 4 aromatic rings. The summed E-state index contributed by atoms with van der Waals surface area (Å²) in [7, 11) is -4.48. The molecular weight excluding hydrogens is 655 g/mol. The maximum absolute atomic E-state index is 14.0. The summed E-state index contributed by atoms with van der Waals surface area (Å²) in [5.74, 6) is 2.11. The first-order valence-electron chi connectivity index (χ1n) is 17.6. The van der Waals surface area contributed by atoms with Crippen molar-refractivity contribution in [1.82, 2.24) is 24.5 Å². The van der Waals surface area contributed by atoms with Crippen molar-refractivity contribution in [3.63, 3.8) is 0 Å². The highest BCUT2D eigenvalue weighted by atomic mass is 32.2.